The van der Waals surface area contributed by atoms with Crippen LogP contribution in [0.4, 0.5) is 15.8 Å². The smallest absolute Gasteiger partial charge is 0.257 e. The fraction of sp³-hybridized carbons (Fsp3) is 0.0714. The molecule has 0 saturated heterocycles. The monoisotopic (exact) mass is 342 g/mol. The van der Waals surface area contributed by atoms with Gasteiger partial charge in [-0.3, -0.25) is 9.52 Å². The van der Waals surface area contributed by atoms with E-state index in [2.05, 4.69) is 10.0 Å². The standard InChI is InChI=1S/C14H12ClFN2O3S/c1-22(20,21)18-11-5-3-10(4-6-11)17-14(19)12-7-2-9(16)8-13(12)15/h2-8,18H,1H3,(H,17,19). The summed E-state index contributed by atoms with van der Waals surface area (Å²) < 4.78 is 37.4. The van der Waals surface area contributed by atoms with Crippen LogP contribution in [0, 0.1) is 5.82 Å². The van der Waals surface area contributed by atoms with Crippen LogP contribution in [0.5, 0.6) is 0 Å². The molecular formula is C14H12ClFN2O3S. The summed E-state index contributed by atoms with van der Waals surface area (Å²) in [5.74, 6) is -1.02. The Balaban J connectivity index is 2.12. The molecule has 8 heteroatoms. The molecule has 2 aromatic rings. The van der Waals surface area contributed by atoms with Gasteiger partial charge in [0.15, 0.2) is 0 Å². The highest BCUT2D eigenvalue weighted by molar-refractivity contribution is 7.92. The second-order valence-electron chi connectivity index (χ2n) is 4.53. The summed E-state index contributed by atoms with van der Waals surface area (Å²) in [7, 11) is -3.36. The molecule has 0 atom stereocenters. The summed E-state index contributed by atoms with van der Waals surface area (Å²) in [5, 5.41) is 2.59. The zero-order valence-corrected chi connectivity index (χ0v) is 13.0. The third-order valence-corrected chi connectivity index (χ3v) is 3.54. The van der Waals surface area contributed by atoms with Gasteiger partial charge in [0.1, 0.15) is 5.82 Å². The lowest BCUT2D eigenvalue weighted by molar-refractivity contribution is 0.102. The summed E-state index contributed by atoms with van der Waals surface area (Å²) >= 11 is 5.81. The first-order valence-corrected chi connectivity index (χ1v) is 8.36. The number of anilines is 2. The van der Waals surface area contributed by atoms with Gasteiger partial charge in [0.25, 0.3) is 5.91 Å². The summed E-state index contributed by atoms with van der Waals surface area (Å²) in [6.45, 7) is 0. The Morgan fingerprint density at radius 2 is 1.68 bits per heavy atom. The zero-order chi connectivity index (χ0) is 16.3. The topological polar surface area (TPSA) is 75.3 Å². The zero-order valence-electron chi connectivity index (χ0n) is 11.4. The third-order valence-electron chi connectivity index (χ3n) is 2.62. The predicted molar refractivity (Wildman–Crippen MR) is 84.3 cm³/mol. The summed E-state index contributed by atoms with van der Waals surface area (Å²) in [6.07, 6.45) is 1.04. The molecule has 0 saturated carbocycles. The fourth-order valence-corrected chi connectivity index (χ4v) is 2.53. The largest absolute Gasteiger partial charge is 0.322 e. The fourth-order valence-electron chi connectivity index (χ4n) is 1.71. The van der Waals surface area contributed by atoms with Crippen molar-refractivity contribution in [2.24, 2.45) is 0 Å². The minimum Gasteiger partial charge on any atom is -0.322 e. The molecule has 2 rings (SSSR count). The van der Waals surface area contributed by atoms with Crippen LogP contribution in [0.25, 0.3) is 0 Å². The van der Waals surface area contributed by atoms with Crippen LogP contribution in [-0.2, 0) is 10.0 Å². The molecular weight excluding hydrogens is 331 g/mol. The van der Waals surface area contributed by atoms with E-state index in [1.165, 1.54) is 30.3 Å². The molecule has 22 heavy (non-hydrogen) atoms. The quantitative estimate of drug-likeness (QED) is 0.896. The molecule has 5 nitrogen and oxygen atoms in total. The summed E-state index contributed by atoms with van der Waals surface area (Å²) in [5.41, 5.74) is 0.964. The van der Waals surface area contributed by atoms with E-state index < -0.39 is 21.7 Å². The number of sulfonamides is 1. The van der Waals surface area contributed by atoms with E-state index in [0.29, 0.717) is 11.4 Å². The first-order valence-electron chi connectivity index (χ1n) is 6.09. The van der Waals surface area contributed by atoms with E-state index in [1.807, 2.05) is 0 Å². The molecule has 2 aromatic carbocycles. The Morgan fingerprint density at radius 1 is 1.09 bits per heavy atom. The maximum atomic E-state index is 12.9. The van der Waals surface area contributed by atoms with Crippen molar-refractivity contribution in [3.63, 3.8) is 0 Å². The molecule has 0 aliphatic heterocycles. The molecule has 0 radical (unpaired) electrons. The van der Waals surface area contributed by atoms with E-state index in [0.717, 1.165) is 18.4 Å². The Hall–Kier alpha value is -2.12. The first kappa shape index (κ1) is 16.3. The van der Waals surface area contributed by atoms with Gasteiger partial charge >= 0.3 is 0 Å². The van der Waals surface area contributed by atoms with Crippen molar-refractivity contribution >= 4 is 38.9 Å². The lowest BCUT2D eigenvalue weighted by atomic mass is 10.2. The number of carbonyl (C=O) groups excluding carboxylic acids is 1. The number of benzene rings is 2. The molecule has 0 bridgehead atoms. The number of carbonyl (C=O) groups is 1. The highest BCUT2D eigenvalue weighted by atomic mass is 35.5. The highest BCUT2D eigenvalue weighted by Crippen LogP contribution is 2.20. The molecule has 0 aliphatic rings. The summed E-state index contributed by atoms with van der Waals surface area (Å²) in [4.78, 5) is 12.0. The molecule has 0 spiro atoms. The number of hydrogen-bond acceptors (Lipinski definition) is 3. The third kappa shape index (κ3) is 4.44. The first-order chi connectivity index (χ1) is 10.2. The van der Waals surface area contributed by atoms with E-state index >= 15 is 0 Å². The highest BCUT2D eigenvalue weighted by Gasteiger charge is 2.11. The average molecular weight is 343 g/mol. The van der Waals surface area contributed by atoms with Crippen LogP contribution in [0.1, 0.15) is 10.4 Å². The number of nitrogens with one attached hydrogen (secondary N) is 2. The van der Waals surface area contributed by atoms with Crippen molar-refractivity contribution in [3.8, 4) is 0 Å². The van der Waals surface area contributed by atoms with Crippen molar-refractivity contribution in [2.75, 3.05) is 16.3 Å². The Labute approximate surface area is 132 Å². The molecule has 1 amide bonds. The normalized spacial score (nSPS) is 11.0. The van der Waals surface area contributed by atoms with Crippen LogP contribution >= 0.6 is 11.6 Å². The van der Waals surface area contributed by atoms with Gasteiger partial charge in [-0.1, -0.05) is 11.6 Å². The molecule has 0 unspecified atom stereocenters. The van der Waals surface area contributed by atoms with Gasteiger partial charge in [-0.2, -0.15) is 0 Å². The van der Waals surface area contributed by atoms with Crippen molar-refractivity contribution < 1.29 is 17.6 Å². The Morgan fingerprint density at radius 3 is 2.23 bits per heavy atom. The molecule has 2 N–H and O–H groups in total. The Bertz CT molecular complexity index is 807. The van der Waals surface area contributed by atoms with Crippen molar-refractivity contribution in [1.82, 2.24) is 0 Å². The van der Waals surface area contributed by atoms with E-state index in [1.54, 1.807) is 0 Å². The number of amides is 1. The Kier molecular flexibility index (Phi) is 4.68. The van der Waals surface area contributed by atoms with Gasteiger partial charge in [0.2, 0.25) is 10.0 Å². The minimum absolute atomic E-state index is 0.00728. The maximum absolute atomic E-state index is 12.9. The van der Waals surface area contributed by atoms with Gasteiger partial charge in [0, 0.05) is 11.4 Å². The van der Waals surface area contributed by atoms with Crippen LogP contribution in [-0.4, -0.2) is 20.6 Å². The second kappa shape index (κ2) is 6.33. The molecule has 0 aliphatic carbocycles. The predicted octanol–water partition coefficient (Wildman–Crippen LogP) is 3.10. The molecule has 0 fully saturated rings. The second-order valence-corrected chi connectivity index (χ2v) is 6.69. The van der Waals surface area contributed by atoms with Crippen molar-refractivity contribution in [1.29, 1.82) is 0 Å². The van der Waals surface area contributed by atoms with Gasteiger partial charge in [-0.05, 0) is 42.5 Å². The van der Waals surface area contributed by atoms with E-state index in [4.69, 9.17) is 11.6 Å². The van der Waals surface area contributed by atoms with Crippen LogP contribution < -0.4 is 10.0 Å². The van der Waals surface area contributed by atoms with Crippen LogP contribution in [0.15, 0.2) is 42.5 Å². The molecule has 116 valence electrons. The van der Waals surface area contributed by atoms with Gasteiger partial charge in [-0.25, -0.2) is 12.8 Å². The molecule has 0 aromatic heterocycles. The van der Waals surface area contributed by atoms with Crippen LogP contribution in [0.3, 0.4) is 0 Å². The molecule has 0 heterocycles. The minimum atomic E-state index is -3.36. The van der Waals surface area contributed by atoms with Crippen molar-refractivity contribution in [2.45, 2.75) is 0 Å². The van der Waals surface area contributed by atoms with Crippen molar-refractivity contribution in [3.05, 3.63) is 58.9 Å². The maximum Gasteiger partial charge on any atom is 0.257 e. The number of rotatable bonds is 4. The number of hydrogen-bond donors (Lipinski definition) is 2. The van der Waals surface area contributed by atoms with Gasteiger partial charge in [-0.15, -0.1) is 0 Å². The van der Waals surface area contributed by atoms with E-state index in [9.17, 15) is 17.6 Å². The van der Waals surface area contributed by atoms with Gasteiger partial charge in [0.05, 0.1) is 16.8 Å². The summed E-state index contributed by atoms with van der Waals surface area (Å²) in [6, 6.07) is 9.54. The lowest BCUT2D eigenvalue weighted by Crippen LogP contribution is -2.13. The van der Waals surface area contributed by atoms with Gasteiger partial charge < -0.3 is 5.32 Å². The SMILES string of the molecule is CS(=O)(=O)Nc1ccc(NC(=O)c2ccc(F)cc2Cl)cc1. The average Bonchev–Trinajstić information content (AvgIpc) is 2.39. The number of halogens is 2. The lowest BCUT2D eigenvalue weighted by Gasteiger charge is -2.08. The van der Waals surface area contributed by atoms with E-state index in [-0.39, 0.29) is 10.6 Å². The van der Waals surface area contributed by atoms with Crippen LogP contribution in [0.2, 0.25) is 5.02 Å².